The maximum atomic E-state index is 5.06. The molecule has 0 heterocycles. The summed E-state index contributed by atoms with van der Waals surface area (Å²) in [6, 6.07) is 8.36. The van der Waals surface area contributed by atoms with Crippen LogP contribution in [0.1, 0.15) is 11.1 Å². The van der Waals surface area contributed by atoms with Gasteiger partial charge in [0.15, 0.2) is 0 Å². The van der Waals surface area contributed by atoms with Gasteiger partial charge in [-0.2, -0.15) is 0 Å². The second-order valence-corrected chi connectivity index (χ2v) is 3.68. The first-order chi connectivity index (χ1) is 8.22. The minimum absolute atomic E-state index is 0.653. The Morgan fingerprint density at radius 3 is 1.47 bits per heavy atom. The molecule has 0 spiro atoms. The van der Waals surface area contributed by atoms with Gasteiger partial charge in [0.1, 0.15) is 0 Å². The molecule has 17 heavy (non-hydrogen) atoms. The van der Waals surface area contributed by atoms with Crippen molar-refractivity contribution < 1.29 is 14.2 Å². The van der Waals surface area contributed by atoms with Crippen LogP contribution < -0.4 is 0 Å². The summed E-state index contributed by atoms with van der Waals surface area (Å²) in [6.07, 6.45) is 0. The number of aryl methyl sites for hydroxylation is 2. The first kappa shape index (κ1) is 16.1. The highest BCUT2D eigenvalue weighted by Crippen LogP contribution is 2.02. The van der Waals surface area contributed by atoms with Crippen molar-refractivity contribution in [1.29, 1.82) is 0 Å². The zero-order chi connectivity index (χ0) is 12.9. The minimum Gasteiger partial charge on any atom is -0.382 e. The predicted molar refractivity (Wildman–Crippen MR) is 70.5 cm³/mol. The fourth-order valence-corrected chi connectivity index (χ4v) is 1.05. The summed E-state index contributed by atoms with van der Waals surface area (Å²) < 4.78 is 14.6. The second kappa shape index (κ2) is 11.6. The molecule has 0 aliphatic carbocycles. The summed E-state index contributed by atoms with van der Waals surface area (Å²) >= 11 is 0. The van der Waals surface area contributed by atoms with E-state index in [-0.39, 0.29) is 0 Å². The largest absolute Gasteiger partial charge is 0.382 e. The Morgan fingerprint density at radius 2 is 1.18 bits per heavy atom. The molecule has 0 aromatic heterocycles. The van der Waals surface area contributed by atoms with Crippen LogP contribution in [0.3, 0.4) is 0 Å². The number of methoxy groups -OCH3 is 2. The van der Waals surface area contributed by atoms with Gasteiger partial charge in [0.2, 0.25) is 0 Å². The van der Waals surface area contributed by atoms with E-state index in [0.717, 1.165) is 0 Å². The third-order valence-corrected chi connectivity index (χ3v) is 2.29. The molecule has 0 saturated carbocycles. The van der Waals surface area contributed by atoms with Crippen molar-refractivity contribution in [2.24, 2.45) is 0 Å². The summed E-state index contributed by atoms with van der Waals surface area (Å²) in [5.41, 5.74) is 2.74. The molecular weight excluding hydrogens is 216 g/mol. The van der Waals surface area contributed by atoms with Crippen LogP contribution in [0.5, 0.6) is 0 Å². The number of rotatable bonds is 6. The monoisotopic (exact) mass is 240 g/mol. The molecule has 0 bridgehead atoms. The molecule has 1 rings (SSSR count). The summed E-state index contributed by atoms with van der Waals surface area (Å²) in [5, 5.41) is 0. The molecule has 3 nitrogen and oxygen atoms in total. The minimum atomic E-state index is 0.653. The molecule has 0 saturated heterocycles. The highest BCUT2D eigenvalue weighted by Gasteiger charge is 1.84. The van der Waals surface area contributed by atoms with Crippen LogP contribution in [0.2, 0.25) is 0 Å². The number of hydrogen-bond acceptors (Lipinski definition) is 3. The van der Waals surface area contributed by atoms with Crippen LogP contribution >= 0.6 is 0 Å². The zero-order valence-electron chi connectivity index (χ0n) is 11.4. The first-order valence-electron chi connectivity index (χ1n) is 5.80. The van der Waals surface area contributed by atoms with E-state index in [1.807, 2.05) is 0 Å². The molecule has 0 N–H and O–H groups in total. The third kappa shape index (κ3) is 10.00. The van der Waals surface area contributed by atoms with Gasteiger partial charge in [-0.15, -0.1) is 0 Å². The first-order valence-corrected chi connectivity index (χ1v) is 5.80. The van der Waals surface area contributed by atoms with Gasteiger partial charge in [-0.25, -0.2) is 0 Å². The van der Waals surface area contributed by atoms with Gasteiger partial charge in [-0.05, 0) is 25.0 Å². The van der Waals surface area contributed by atoms with Crippen LogP contribution in [0, 0.1) is 13.8 Å². The van der Waals surface area contributed by atoms with Gasteiger partial charge >= 0.3 is 0 Å². The summed E-state index contributed by atoms with van der Waals surface area (Å²) in [6.45, 7) is 6.86. The van der Waals surface area contributed by atoms with Gasteiger partial charge in [0.05, 0.1) is 26.4 Å². The lowest BCUT2D eigenvalue weighted by atomic mass is 10.1. The Morgan fingerprint density at radius 1 is 0.765 bits per heavy atom. The van der Waals surface area contributed by atoms with E-state index in [1.54, 1.807) is 14.2 Å². The lowest BCUT2D eigenvalue weighted by molar-refractivity contribution is 0.0385. The van der Waals surface area contributed by atoms with Crippen molar-refractivity contribution in [3.05, 3.63) is 35.4 Å². The molecule has 0 aliphatic heterocycles. The van der Waals surface area contributed by atoms with Gasteiger partial charge in [-0.3, -0.25) is 0 Å². The van der Waals surface area contributed by atoms with E-state index in [2.05, 4.69) is 38.1 Å². The number of hydrogen-bond donors (Lipinski definition) is 0. The lowest BCUT2D eigenvalue weighted by Crippen LogP contribution is -2.06. The average molecular weight is 240 g/mol. The molecule has 0 unspecified atom stereocenters. The van der Waals surface area contributed by atoms with Crippen LogP contribution in [-0.2, 0) is 14.2 Å². The molecule has 1 aromatic rings. The quantitative estimate of drug-likeness (QED) is 0.715. The molecular formula is C14H24O3. The smallest absolute Gasteiger partial charge is 0.0701 e. The Labute approximate surface area is 105 Å². The van der Waals surface area contributed by atoms with Crippen LogP contribution in [0.15, 0.2) is 24.3 Å². The SMILES string of the molecule is COCCOCCOC.Cc1ccccc1C. The van der Waals surface area contributed by atoms with E-state index in [0.29, 0.717) is 26.4 Å². The van der Waals surface area contributed by atoms with Gasteiger partial charge in [0, 0.05) is 14.2 Å². The maximum absolute atomic E-state index is 5.06. The third-order valence-electron chi connectivity index (χ3n) is 2.29. The van der Waals surface area contributed by atoms with Crippen LogP contribution in [-0.4, -0.2) is 40.6 Å². The molecule has 0 atom stereocenters. The standard InChI is InChI=1S/C8H10.C6H14O3/c1-7-5-3-4-6-8(7)2;1-7-3-5-9-6-4-8-2/h3-6H,1-2H3;3-6H2,1-2H3. The van der Waals surface area contributed by atoms with E-state index in [9.17, 15) is 0 Å². The fourth-order valence-electron chi connectivity index (χ4n) is 1.05. The number of benzene rings is 1. The molecule has 98 valence electrons. The van der Waals surface area contributed by atoms with Gasteiger partial charge in [0.25, 0.3) is 0 Å². The van der Waals surface area contributed by atoms with Gasteiger partial charge < -0.3 is 14.2 Å². The fraction of sp³-hybridized carbons (Fsp3) is 0.571. The van der Waals surface area contributed by atoms with Crippen molar-refractivity contribution in [1.82, 2.24) is 0 Å². The van der Waals surface area contributed by atoms with Crippen molar-refractivity contribution in [2.75, 3.05) is 40.6 Å². The molecule has 0 fully saturated rings. The topological polar surface area (TPSA) is 27.7 Å². The van der Waals surface area contributed by atoms with Crippen molar-refractivity contribution >= 4 is 0 Å². The lowest BCUT2D eigenvalue weighted by Gasteiger charge is -2.00. The molecule has 3 heteroatoms. The number of ether oxygens (including phenoxy) is 3. The maximum Gasteiger partial charge on any atom is 0.0701 e. The normalized spacial score (nSPS) is 9.65. The Kier molecular flexibility index (Phi) is 11.0. The van der Waals surface area contributed by atoms with E-state index in [1.165, 1.54) is 11.1 Å². The molecule has 1 aromatic carbocycles. The average Bonchev–Trinajstić information content (AvgIpc) is 2.34. The Hall–Kier alpha value is -0.900. The summed E-state index contributed by atoms with van der Waals surface area (Å²) in [7, 11) is 3.30. The Balaban J connectivity index is 0.000000302. The highest BCUT2D eigenvalue weighted by molar-refractivity contribution is 5.23. The molecule has 0 aliphatic rings. The van der Waals surface area contributed by atoms with E-state index < -0.39 is 0 Å². The van der Waals surface area contributed by atoms with Gasteiger partial charge in [-0.1, -0.05) is 24.3 Å². The highest BCUT2D eigenvalue weighted by atomic mass is 16.5. The zero-order valence-corrected chi connectivity index (χ0v) is 11.4. The molecule has 0 amide bonds. The second-order valence-electron chi connectivity index (χ2n) is 3.68. The van der Waals surface area contributed by atoms with Crippen molar-refractivity contribution in [3.8, 4) is 0 Å². The Bertz CT molecular complexity index is 247. The van der Waals surface area contributed by atoms with E-state index in [4.69, 9.17) is 14.2 Å². The molecule has 0 radical (unpaired) electrons. The van der Waals surface area contributed by atoms with Crippen molar-refractivity contribution in [2.45, 2.75) is 13.8 Å². The van der Waals surface area contributed by atoms with Crippen molar-refractivity contribution in [3.63, 3.8) is 0 Å². The summed E-state index contributed by atoms with van der Waals surface area (Å²) in [4.78, 5) is 0. The van der Waals surface area contributed by atoms with E-state index >= 15 is 0 Å². The predicted octanol–water partition coefficient (Wildman–Crippen LogP) is 2.60. The van der Waals surface area contributed by atoms with Crippen LogP contribution in [0.25, 0.3) is 0 Å². The summed E-state index contributed by atoms with van der Waals surface area (Å²) in [5.74, 6) is 0. The van der Waals surface area contributed by atoms with Crippen LogP contribution in [0.4, 0.5) is 0 Å².